The lowest BCUT2D eigenvalue weighted by Gasteiger charge is -2.46. The summed E-state index contributed by atoms with van der Waals surface area (Å²) in [6.45, 7) is -0.561. The molecule has 0 aromatic carbocycles. The van der Waals surface area contributed by atoms with Gasteiger partial charge in [-0.3, -0.25) is 0 Å². The van der Waals surface area contributed by atoms with E-state index in [1.807, 2.05) is 0 Å². The highest BCUT2D eigenvalue weighted by atomic mass is 19.2. The van der Waals surface area contributed by atoms with E-state index in [0.29, 0.717) is 0 Å². The SMILES string of the molecule is N#CCC1(O)CN(c2c(F)c(F)nc(F)c2F)C1. The second-order valence-corrected chi connectivity index (χ2v) is 4.09. The summed E-state index contributed by atoms with van der Waals surface area (Å²) in [6.07, 6.45) is -0.233. The van der Waals surface area contributed by atoms with Gasteiger partial charge < -0.3 is 10.0 Å². The van der Waals surface area contributed by atoms with Gasteiger partial charge in [-0.15, -0.1) is 0 Å². The molecule has 8 heteroatoms. The molecule has 0 bridgehead atoms. The third kappa shape index (κ3) is 1.86. The zero-order valence-corrected chi connectivity index (χ0v) is 8.92. The minimum Gasteiger partial charge on any atom is -0.385 e. The van der Waals surface area contributed by atoms with Crippen molar-refractivity contribution in [2.75, 3.05) is 18.0 Å². The molecular weight excluding hydrogens is 254 g/mol. The van der Waals surface area contributed by atoms with Crippen LogP contribution in [0.25, 0.3) is 0 Å². The maximum Gasteiger partial charge on any atom is 0.253 e. The van der Waals surface area contributed by atoms with Crippen LogP contribution in [0.1, 0.15) is 6.42 Å². The van der Waals surface area contributed by atoms with Gasteiger partial charge in [-0.05, 0) is 0 Å². The standard InChI is InChI=1S/C10H7F4N3O/c11-5-7(6(12)9(14)16-8(5)13)17-3-10(18,4-17)1-2-15/h18H,1,3-4H2. The Morgan fingerprint density at radius 2 is 1.72 bits per heavy atom. The summed E-state index contributed by atoms with van der Waals surface area (Å²) in [5, 5.41) is 18.1. The van der Waals surface area contributed by atoms with Crippen molar-refractivity contribution in [2.24, 2.45) is 0 Å². The fraction of sp³-hybridized carbons (Fsp3) is 0.400. The maximum atomic E-state index is 13.3. The Balaban J connectivity index is 2.30. The van der Waals surface area contributed by atoms with Crippen molar-refractivity contribution in [3.63, 3.8) is 0 Å². The largest absolute Gasteiger partial charge is 0.385 e. The van der Waals surface area contributed by atoms with E-state index in [9.17, 15) is 22.7 Å². The number of halogens is 4. The average Bonchev–Trinajstić information content (AvgIpc) is 2.25. The number of rotatable bonds is 2. The summed E-state index contributed by atoms with van der Waals surface area (Å²) in [4.78, 5) is 3.33. The average molecular weight is 261 g/mol. The van der Waals surface area contributed by atoms with Crippen molar-refractivity contribution in [1.29, 1.82) is 5.26 Å². The number of anilines is 1. The third-order valence-corrected chi connectivity index (χ3v) is 2.67. The molecule has 1 aromatic heterocycles. The first kappa shape index (κ1) is 12.6. The molecule has 0 amide bonds. The fourth-order valence-corrected chi connectivity index (χ4v) is 1.84. The lowest BCUT2D eigenvalue weighted by molar-refractivity contribution is 0.0157. The number of aliphatic hydroxyl groups is 1. The van der Waals surface area contributed by atoms with Gasteiger partial charge in [0.15, 0.2) is 0 Å². The van der Waals surface area contributed by atoms with Gasteiger partial charge in [-0.25, -0.2) is 0 Å². The van der Waals surface area contributed by atoms with Gasteiger partial charge in [0.05, 0.1) is 12.5 Å². The van der Waals surface area contributed by atoms with E-state index in [4.69, 9.17) is 5.26 Å². The van der Waals surface area contributed by atoms with Crippen molar-refractivity contribution >= 4 is 5.69 Å². The Hall–Kier alpha value is -1.88. The van der Waals surface area contributed by atoms with Gasteiger partial charge in [0.25, 0.3) is 11.9 Å². The van der Waals surface area contributed by atoms with Crippen molar-refractivity contribution < 1.29 is 22.7 Å². The van der Waals surface area contributed by atoms with E-state index in [2.05, 4.69) is 4.98 Å². The molecular formula is C10H7F4N3O. The van der Waals surface area contributed by atoms with Crippen LogP contribution in [-0.2, 0) is 0 Å². The minimum absolute atomic E-state index is 0.233. The van der Waals surface area contributed by atoms with E-state index in [1.165, 1.54) is 0 Å². The Morgan fingerprint density at radius 3 is 2.17 bits per heavy atom. The molecule has 2 rings (SSSR count). The van der Waals surface area contributed by atoms with Crippen LogP contribution in [0.4, 0.5) is 23.2 Å². The highest BCUT2D eigenvalue weighted by molar-refractivity contribution is 5.52. The first-order valence-electron chi connectivity index (χ1n) is 4.92. The van der Waals surface area contributed by atoms with Crippen LogP contribution in [0.2, 0.25) is 0 Å². The van der Waals surface area contributed by atoms with Gasteiger partial charge in [0, 0.05) is 13.1 Å². The van der Waals surface area contributed by atoms with Gasteiger partial charge in [0.1, 0.15) is 11.3 Å². The van der Waals surface area contributed by atoms with Gasteiger partial charge in [-0.1, -0.05) is 0 Å². The number of aromatic nitrogens is 1. The summed E-state index contributed by atoms with van der Waals surface area (Å²) in [7, 11) is 0. The highest BCUT2D eigenvalue weighted by Gasteiger charge is 2.44. The zero-order valence-electron chi connectivity index (χ0n) is 8.92. The Morgan fingerprint density at radius 1 is 1.22 bits per heavy atom. The summed E-state index contributed by atoms with van der Waals surface area (Å²) in [5.74, 6) is -6.74. The normalized spacial score (nSPS) is 17.2. The molecule has 1 aromatic rings. The van der Waals surface area contributed by atoms with Gasteiger partial charge in [0.2, 0.25) is 11.6 Å². The van der Waals surface area contributed by atoms with E-state index < -0.39 is 34.8 Å². The highest BCUT2D eigenvalue weighted by Crippen LogP contribution is 2.34. The monoisotopic (exact) mass is 261 g/mol. The van der Waals surface area contributed by atoms with Crippen molar-refractivity contribution in [3.8, 4) is 6.07 Å². The molecule has 2 heterocycles. The Labute approximate surface area is 99.1 Å². The van der Waals surface area contributed by atoms with Gasteiger partial charge >= 0.3 is 0 Å². The van der Waals surface area contributed by atoms with Gasteiger partial charge in [-0.2, -0.15) is 27.8 Å². The number of nitriles is 1. The summed E-state index contributed by atoms with van der Waals surface area (Å²) in [6, 6.07) is 1.71. The van der Waals surface area contributed by atoms with Crippen molar-refractivity contribution in [2.45, 2.75) is 12.0 Å². The molecule has 4 nitrogen and oxygen atoms in total. The molecule has 0 atom stereocenters. The quantitative estimate of drug-likeness (QED) is 0.639. The van der Waals surface area contributed by atoms with Crippen LogP contribution in [0.3, 0.4) is 0 Å². The molecule has 0 spiro atoms. The van der Waals surface area contributed by atoms with E-state index in [-0.39, 0.29) is 19.5 Å². The Kier molecular flexibility index (Phi) is 2.86. The fourth-order valence-electron chi connectivity index (χ4n) is 1.84. The van der Waals surface area contributed by atoms with E-state index in [0.717, 1.165) is 4.90 Å². The summed E-state index contributed by atoms with van der Waals surface area (Å²) >= 11 is 0. The lowest BCUT2D eigenvalue weighted by atomic mass is 9.90. The molecule has 1 aliphatic heterocycles. The predicted molar refractivity (Wildman–Crippen MR) is 51.5 cm³/mol. The molecule has 1 saturated heterocycles. The van der Waals surface area contributed by atoms with Crippen LogP contribution in [0, 0.1) is 34.9 Å². The topological polar surface area (TPSA) is 60.1 Å². The number of nitrogens with zero attached hydrogens (tertiary/aromatic N) is 3. The number of β-amino-alcohol motifs (C(OH)–C–C–N with tert-alkyl or cyclic N) is 1. The third-order valence-electron chi connectivity index (χ3n) is 2.67. The van der Waals surface area contributed by atoms with Crippen LogP contribution in [-0.4, -0.2) is 28.8 Å². The van der Waals surface area contributed by atoms with Crippen molar-refractivity contribution in [3.05, 3.63) is 23.5 Å². The lowest BCUT2D eigenvalue weighted by Crippen LogP contribution is -2.62. The minimum atomic E-state index is -1.75. The number of pyridine rings is 1. The first-order chi connectivity index (χ1) is 8.38. The molecule has 1 N–H and O–H groups in total. The predicted octanol–water partition coefficient (Wildman–Crippen LogP) is 1.10. The smallest absolute Gasteiger partial charge is 0.253 e. The molecule has 0 radical (unpaired) electrons. The second kappa shape index (κ2) is 4.10. The Bertz CT molecular complexity index is 511. The number of hydrogen-bond acceptors (Lipinski definition) is 4. The molecule has 1 aliphatic rings. The second-order valence-electron chi connectivity index (χ2n) is 4.09. The molecule has 0 saturated carbocycles. The summed E-state index contributed by atoms with van der Waals surface area (Å²) in [5.41, 5.74) is -2.33. The number of hydrogen-bond donors (Lipinski definition) is 1. The molecule has 96 valence electrons. The zero-order chi connectivity index (χ0) is 13.5. The van der Waals surface area contributed by atoms with Crippen LogP contribution >= 0.6 is 0 Å². The summed E-state index contributed by atoms with van der Waals surface area (Å²) < 4.78 is 52.3. The molecule has 0 aliphatic carbocycles. The van der Waals surface area contributed by atoms with E-state index >= 15 is 0 Å². The first-order valence-corrected chi connectivity index (χ1v) is 4.92. The van der Waals surface area contributed by atoms with Crippen LogP contribution in [0.5, 0.6) is 0 Å². The maximum absolute atomic E-state index is 13.3. The molecule has 0 unspecified atom stereocenters. The van der Waals surface area contributed by atoms with Crippen LogP contribution in [0.15, 0.2) is 0 Å². The van der Waals surface area contributed by atoms with E-state index in [1.54, 1.807) is 6.07 Å². The molecule has 1 fully saturated rings. The van der Waals surface area contributed by atoms with Crippen LogP contribution < -0.4 is 4.90 Å². The van der Waals surface area contributed by atoms with Crippen molar-refractivity contribution in [1.82, 2.24) is 4.98 Å². The molecule has 18 heavy (non-hydrogen) atoms.